The Morgan fingerprint density at radius 1 is 1.00 bits per heavy atom. The number of hydrogen-bond acceptors (Lipinski definition) is 2. The fourth-order valence-corrected chi connectivity index (χ4v) is 5.31. The minimum Gasteiger partial charge on any atom is -0.306 e. The van der Waals surface area contributed by atoms with Gasteiger partial charge >= 0.3 is 6.18 Å². The molecule has 0 aliphatic rings. The van der Waals surface area contributed by atoms with Crippen molar-refractivity contribution in [2.45, 2.75) is 16.0 Å². The molecule has 0 radical (unpaired) electrons. The molecule has 0 aliphatic heterocycles. The highest BCUT2D eigenvalue weighted by Crippen LogP contribution is 2.44. The minimum absolute atomic E-state index is 0.0416. The second-order valence-corrected chi connectivity index (χ2v) is 9.11. The van der Waals surface area contributed by atoms with Gasteiger partial charge in [0.25, 0.3) is 0 Å². The van der Waals surface area contributed by atoms with E-state index in [-0.39, 0.29) is 35.9 Å². The summed E-state index contributed by atoms with van der Waals surface area (Å²) in [5.74, 6) is -0.700. The summed E-state index contributed by atoms with van der Waals surface area (Å²) in [5.41, 5.74) is -0.819. The van der Waals surface area contributed by atoms with Gasteiger partial charge in [-0.3, -0.25) is 0 Å². The van der Waals surface area contributed by atoms with E-state index < -0.39 is 17.6 Å². The van der Waals surface area contributed by atoms with Crippen LogP contribution in [0.2, 0.25) is 20.1 Å². The van der Waals surface area contributed by atoms with Gasteiger partial charge in [-0.15, -0.1) is 0 Å². The number of alkyl halides is 3. The van der Waals surface area contributed by atoms with E-state index in [9.17, 15) is 22.8 Å². The van der Waals surface area contributed by atoms with E-state index in [0.717, 1.165) is 30.0 Å². The van der Waals surface area contributed by atoms with E-state index in [2.05, 4.69) is 15.9 Å². The van der Waals surface area contributed by atoms with Crippen LogP contribution in [0.5, 0.6) is 0 Å². The van der Waals surface area contributed by atoms with E-state index in [1.54, 1.807) is 0 Å². The summed E-state index contributed by atoms with van der Waals surface area (Å²) < 4.78 is 54.1. The molecule has 0 fully saturated rings. The van der Waals surface area contributed by atoms with E-state index in [4.69, 9.17) is 46.4 Å². The minimum atomic E-state index is -4.63. The van der Waals surface area contributed by atoms with Crippen LogP contribution in [0.3, 0.4) is 0 Å². The molecule has 2 aromatic carbocycles. The van der Waals surface area contributed by atoms with Crippen molar-refractivity contribution in [1.29, 1.82) is 5.26 Å². The highest BCUT2D eigenvalue weighted by molar-refractivity contribution is 9.10. The highest BCUT2D eigenvalue weighted by atomic mass is 79.9. The largest absolute Gasteiger partial charge is 0.416 e. The van der Waals surface area contributed by atoms with Crippen LogP contribution in [-0.2, 0) is 6.18 Å². The van der Waals surface area contributed by atoms with E-state index in [1.807, 2.05) is 6.07 Å². The molecule has 156 valence electrons. The molecule has 3 rings (SSSR count). The molecule has 0 bridgehead atoms. The Morgan fingerprint density at radius 3 is 2.13 bits per heavy atom. The van der Waals surface area contributed by atoms with Gasteiger partial charge in [-0.05, 0) is 40.2 Å². The molecule has 1 aromatic heterocycles. The van der Waals surface area contributed by atoms with Crippen molar-refractivity contribution in [1.82, 2.24) is 4.57 Å². The van der Waals surface area contributed by atoms with Gasteiger partial charge in [-0.2, -0.15) is 18.4 Å². The van der Waals surface area contributed by atoms with E-state index in [1.165, 1.54) is 16.8 Å². The number of nitriles is 1. The maximum atomic E-state index is 13.5. The Bertz CT molecular complexity index is 1180. The van der Waals surface area contributed by atoms with Crippen molar-refractivity contribution in [3.63, 3.8) is 0 Å². The number of benzene rings is 2. The lowest BCUT2D eigenvalue weighted by atomic mass is 10.2. The number of nitrogens with zero attached hydrogens (tertiary/aromatic N) is 2. The molecule has 0 N–H and O–H groups in total. The molecule has 3 aromatic rings. The lowest BCUT2D eigenvalue weighted by molar-refractivity contribution is -0.137. The Morgan fingerprint density at radius 2 is 1.60 bits per heavy atom. The maximum Gasteiger partial charge on any atom is 0.416 e. The normalized spacial score (nSPS) is 11.6. The second kappa shape index (κ2) is 8.81. The maximum absolute atomic E-state index is 13.5. The molecule has 0 atom stereocenters. The summed E-state index contributed by atoms with van der Waals surface area (Å²) in [7, 11) is 0. The number of rotatable bonds is 3. The molecule has 2 nitrogen and oxygen atoms in total. The zero-order valence-corrected chi connectivity index (χ0v) is 19.5. The first-order chi connectivity index (χ1) is 14.0. The predicted octanol–water partition coefficient (Wildman–Crippen LogP) is 9.03. The van der Waals surface area contributed by atoms with Crippen molar-refractivity contribution in [2.75, 3.05) is 0 Å². The van der Waals surface area contributed by atoms with Gasteiger partial charge in [0.15, 0.2) is 0 Å². The zero-order valence-electron chi connectivity index (χ0n) is 14.1. The van der Waals surface area contributed by atoms with Gasteiger partial charge in [0.05, 0.1) is 36.9 Å². The van der Waals surface area contributed by atoms with Gasteiger partial charge in [-0.25, -0.2) is 4.39 Å². The number of aromatic nitrogens is 1. The summed E-state index contributed by atoms with van der Waals surface area (Å²) in [6.45, 7) is 0. The third-order valence-electron chi connectivity index (χ3n) is 3.83. The van der Waals surface area contributed by atoms with Crippen molar-refractivity contribution < 1.29 is 17.6 Å². The smallest absolute Gasteiger partial charge is 0.306 e. The quantitative estimate of drug-likeness (QED) is 0.229. The fraction of sp³-hybridized carbons (Fsp3) is 0.0556. The SMILES string of the molecule is N#Cc1c(Sc2ccc(F)c(Cl)c2Cl)cn(-c2c(Cl)cc(C(F)(F)F)cc2Cl)c1Br. The topological polar surface area (TPSA) is 28.7 Å². The Labute approximate surface area is 200 Å². The Hall–Kier alpha value is -1.08. The molecule has 1 heterocycles. The Kier molecular flexibility index (Phi) is 6.93. The van der Waals surface area contributed by atoms with Crippen LogP contribution in [0.4, 0.5) is 17.6 Å². The van der Waals surface area contributed by atoms with E-state index >= 15 is 0 Å². The first kappa shape index (κ1) is 23.6. The first-order valence-electron chi connectivity index (χ1n) is 7.64. The summed E-state index contributed by atoms with van der Waals surface area (Å²) in [4.78, 5) is 0.731. The van der Waals surface area contributed by atoms with Crippen LogP contribution in [0.1, 0.15) is 11.1 Å². The average Bonchev–Trinajstić information content (AvgIpc) is 2.96. The first-order valence-corrected chi connectivity index (χ1v) is 10.8. The molecule has 0 unspecified atom stereocenters. The van der Waals surface area contributed by atoms with Crippen LogP contribution in [-0.4, -0.2) is 4.57 Å². The standard InChI is InChI=1S/C18H5BrCl4F4N2S/c19-17-8(5-28)13(30-12-2-1-11(24)14(22)15(12)23)6-29(17)16-9(20)3-7(4-10(16)21)18(25,26)27/h1-4,6H. The summed E-state index contributed by atoms with van der Waals surface area (Å²) in [5, 5.41) is 8.70. The van der Waals surface area contributed by atoms with Gasteiger partial charge in [0, 0.05) is 16.0 Å². The van der Waals surface area contributed by atoms with Crippen molar-refractivity contribution in [2.24, 2.45) is 0 Å². The predicted molar refractivity (Wildman–Crippen MR) is 114 cm³/mol. The van der Waals surface area contributed by atoms with Gasteiger partial charge in [0.1, 0.15) is 16.5 Å². The second-order valence-electron chi connectivity index (χ2n) is 5.70. The van der Waals surface area contributed by atoms with Crippen LogP contribution >= 0.6 is 74.1 Å². The average molecular weight is 579 g/mol. The van der Waals surface area contributed by atoms with Crippen LogP contribution < -0.4 is 0 Å². The van der Waals surface area contributed by atoms with Crippen molar-refractivity contribution in [3.8, 4) is 11.8 Å². The third kappa shape index (κ3) is 4.43. The number of hydrogen-bond donors (Lipinski definition) is 0. The summed E-state index contributed by atoms with van der Waals surface area (Å²) in [6.07, 6.45) is -3.18. The molecule has 0 aliphatic carbocycles. The molecular formula is C18H5BrCl4F4N2S. The van der Waals surface area contributed by atoms with Gasteiger partial charge in [0.2, 0.25) is 0 Å². The van der Waals surface area contributed by atoms with Crippen LogP contribution in [0.15, 0.2) is 44.9 Å². The highest BCUT2D eigenvalue weighted by Gasteiger charge is 2.32. The third-order valence-corrected chi connectivity index (χ3v) is 7.24. The molecule has 30 heavy (non-hydrogen) atoms. The van der Waals surface area contributed by atoms with Crippen LogP contribution in [0, 0.1) is 17.1 Å². The summed E-state index contributed by atoms with van der Waals surface area (Å²) >= 11 is 28.3. The lowest BCUT2D eigenvalue weighted by Gasteiger charge is -2.14. The zero-order chi connectivity index (χ0) is 22.4. The fourth-order valence-electron chi connectivity index (χ4n) is 2.47. The Balaban J connectivity index is 2.14. The molecule has 12 heteroatoms. The molecule has 0 spiro atoms. The van der Waals surface area contributed by atoms with Crippen molar-refractivity contribution >= 4 is 74.1 Å². The van der Waals surface area contributed by atoms with Crippen LogP contribution in [0.25, 0.3) is 5.69 Å². The number of halogens is 9. The molecule has 0 saturated heterocycles. The van der Waals surface area contributed by atoms with Crippen molar-refractivity contribution in [3.05, 3.63) is 72.1 Å². The molecular weight excluding hydrogens is 574 g/mol. The molecule has 0 amide bonds. The lowest BCUT2D eigenvalue weighted by Crippen LogP contribution is -2.06. The summed E-state index contributed by atoms with van der Waals surface area (Å²) in [6, 6.07) is 5.98. The molecule has 0 saturated carbocycles. The van der Waals surface area contributed by atoms with Gasteiger partial charge < -0.3 is 4.57 Å². The van der Waals surface area contributed by atoms with Gasteiger partial charge in [-0.1, -0.05) is 58.2 Å². The van der Waals surface area contributed by atoms with E-state index in [0.29, 0.717) is 9.79 Å². The monoisotopic (exact) mass is 576 g/mol.